The lowest BCUT2D eigenvalue weighted by atomic mass is 9.79. The smallest absolute Gasteiger partial charge is 0.256 e. The first-order valence-electron chi connectivity index (χ1n) is 9.93. The molecule has 0 aliphatic carbocycles. The van der Waals surface area contributed by atoms with Gasteiger partial charge >= 0.3 is 0 Å². The summed E-state index contributed by atoms with van der Waals surface area (Å²) >= 11 is 1.50. The van der Waals surface area contributed by atoms with Gasteiger partial charge in [-0.15, -0.1) is 11.8 Å². The van der Waals surface area contributed by atoms with Gasteiger partial charge < -0.3 is 4.90 Å². The number of likely N-dealkylation sites (tertiary alicyclic amines) is 1. The van der Waals surface area contributed by atoms with Crippen LogP contribution in [0.5, 0.6) is 0 Å². The van der Waals surface area contributed by atoms with E-state index in [-0.39, 0.29) is 23.1 Å². The summed E-state index contributed by atoms with van der Waals surface area (Å²) in [6, 6.07) is 10.1. The lowest BCUT2D eigenvalue weighted by molar-refractivity contribution is 0.0773. The molecular weight excluding hydrogens is 399 g/mol. The topological polar surface area (TPSA) is 51.0 Å². The quantitative estimate of drug-likeness (QED) is 0.566. The Morgan fingerprint density at radius 2 is 2.03 bits per heavy atom. The van der Waals surface area contributed by atoms with Crippen LogP contribution in [0.1, 0.15) is 41.3 Å². The van der Waals surface area contributed by atoms with Crippen LogP contribution in [0.3, 0.4) is 0 Å². The average molecular weight is 425 g/mol. The van der Waals surface area contributed by atoms with Gasteiger partial charge in [0.1, 0.15) is 10.8 Å². The Morgan fingerprint density at radius 3 is 2.73 bits per heavy atom. The van der Waals surface area contributed by atoms with Gasteiger partial charge in [-0.3, -0.25) is 9.48 Å². The molecule has 7 heteroatoms. The van der Waals surface area contributed by atoms with Crippen molar-refractivity contribution in [1.29, 1.82) is 0 Å². The zero-order valence-corrected chi connectivity index (χ0v) is 18.2. The zero-order valence-electron chi connectivity index (χ0n) is 17.4. The second-order valence-electron chi connectivity index (χ2n) is 8.45. The molecule has 0 spiro atoms. The molecule has 2 aromatic heterocycles. The fourth-order valence-electron chi connectivity index (χ4n) is 4.04. The Morgan fingerprint density at radius 1 is 1.27 bits per heavy atom. The van der Waals surface area contributed by atoms with E-state index >= 15 is 0 Å². The SMILES string of the molecule is Cn1cc(C2CN(C(=O)c3cccnc3SCc3ccc(F)cc3)CC2(C)C)cn1. The molecule has 4 rings (SSSR count). The van der Waals surface area contributed by atoms with E-state index in [2.05, 4.69) is 23.9 Å². The minimum atomic E-state index is -0.253. The van der Waals surface area contributed by atoms with Crippen molar-refractivity contribution in [2.75, 3.05) is 13.1 Å². The molecule has 156 valence electrons. The summed E-state index contributed by atoms with van der Waals surface area (Å²) in [5, 5.41) is 5.01. The Balaban J connectivity index is 1.51. The second-order valence-corrected chi connectivity index (χ2v) is 9.41. The van der Waals surface area contributed by atoms with Crippen LogP contribution in [0.4, 0.5) is 4.39 Å². The molecule has 0 N–H and O–H groups in total. The number of aromatic nitrogens is 3. The summed E-state index contributed by atoms with van der Waals surface area (Å²) in [6.07, 6.45) is 5.64. The molecule has 1 saturated heterocycles. The minimum absolute atomic E-state index is 0.00386. The van der Waals surface area contributed by atoms with Gasteiger partial charge in [-0.25, -0.2) is 9.37 Å². The van der Waals surface area contributed by atoms with Gasteiger partial charge in [0.2, 0.25) is 0 Å². The Hall–Kier alpha value is -2.67. The number of aryl methyl sites for hydroxylation is 1. The number of benzene rings is 1. The minimum Gasteiger partial charge on any atom is -0.337 e. The lowest BCUT2D eigenvalue weighted by Gasteiger charge is -2.24. The molecule has 1 aliphatic rings. The normalized spacial score (nSPS) is 18.0. The second kappa shape index (κ2) is 8.22. The predicted molar refractivity (Wildman–Crippen MR) is 116 cm³/mol. The molecule has 5 nitrogen and oxygen atoms in total. The van der Waals surface area contributed by atoms with E-state index < -0.39 is 0 Å². The van der Waals surface area contributed by atoms with Gasteiger partial charge in [0.05, 0.1) is 11.8 Å². The molecule has 1 aliphatic heterocycles. The number of amides is 1. The van der Waals surface area contributed by atoms with Gasteiger partial charge in [-0.2, -0.15) is 5.10 Å². The van der Waals surface area contributed by atoms with Crippen LogP contribution in [0.25, 0.3) is 0 Å². The van der Waals surface area contributed by atoms with Crippen molar-refractivity contribution < 1.29 is 9.18 Å². The van der Waals surface area contributed by atoms with Crippen molar-refractivity contribution in [1.82, 2.24) is 19.7 Å². The van der Waals surface area contributed by atoms with Gasteiger partial charge in [-0.05, 0) is 40.8 Å². The first-order valence-corrected chi connectivity index (χ1v) is 10.9. The van der Waals surface area contributed by atoms with Crippen LogP contribution < -0.4 is 0 Å². The molecule has 30 heavy (non-hydrogen) atoms. The van der Waals surface area contributed by atoms with Crippen molar-refractivity contribution in [2.45, 2.75) is 30.5 Å². The Bertz CT molecular complexity index is 1050. The van der Waals surface area contributed by atoms with E-state index in [9.17, 15) is 9.18 Å². The summed E-state index contributed by atoms with van der Waals surface area (Å²) in [6.45, 7) is 5.74. The van der Waals surface area contributed by atoms with Crippen LogP contribution in [0.2, 0.25) is 0 Å². The average Bonchev–Trinajstić information content (AvgIpc) is 3.29. The lowest BCUT2D eigenvalue weighted by Crippen LogP contribution is -2.30. The number of carbonyl (C=O) groups is 1. The fourth-order valence-corrected chi connectivity index (χ4v) is 4.98. The number of halogens is 1. The van der Waals surface area contributed by atoms with Crippen LogP contribution in [-0.2, 0) is 12.8 Å². The third-order valence-corrected chi connectivity index (χ3v) is 6.73. The third kappa shape index (κ3) is 4.26. The van der Waals surface area contributed by atoms with E-state index in [1.165, 1.54) is 23.9 Å². The highest BCUT2D eigenvalue weighted by Gasteiger charge is 2.43. The third-order valence-electron chi connectivity index (χ3n) is 5.65. The molecule has 1 amide bonds. The maximum Gasteiger partial charge on any atom is 0.256 e. The summed E-state index contributed by atoms with van der Waals surface area (Å²) in [5.74, 6) is 0.616. The molecule has 0 radical (unpaired) electrons. The summed E-state index contributed by atoms with van der Waals surface area (Å²) in [4.78, 5) is 19.8. The van der Waals surface area contributed by atoms with E-state index in [0.717, 1.165) is 11.1 Å². The number of nitrogens with zero attached hydrogens (tertiary/aromatic N) is 4. The predicted octanol–water partition coefficient (Wildman–Crippen LogP) is 4.51. The molecular formula is C23H25FN4OS. The van der Waals surface area contributed by atoms with Gasteiger partial charge in [-0.1, -0.05) is 26.0 Å². The maximum absolute atomic E-state index is 13.4. The zero-order chi connectivity index (χ0) is 21.3. The van der Waals surface area contributed by atoms with E-state index in [4.69, 9.17) is 0 Å². The molecule has 1 aromatic carbocycles. The van der Waals surface area contributed by atoms with Crippen molar-refractivity contribution in [3.05, 3.63) is 77.5 Å². The first-order chi connectivity index (χ1) is 14.3. The van der Waals surface area contributed by atoms with Crippen molar-refractivity contribution in [3.8, 4) is 0 Å². The molecule has 3 aromatic rings. The number of pyridine rings is 1. The van der Waals surface area contributed by atoms with E-state index in [0.29, 0.717) is 29.4 Å². The van der Waals surface area contributed by atoms with Gasteiger partial charge in [0.25, 0.3) is 5.91 Å². The first kappa shape index (κ1) is 20.6. The highest BCUT2D eigenvalue weighted by atomic mass is 32.2. The van der Waals surface area contributed by atoms with Crippen molar-refractivity contribution in [3.63, 3.8) is 0 Å². The summed E-state index contributed by atoms with van der Waals surface area (Å²) in [5.41, 5.74) is 2.73. The highest BCUT2D eigenvalue weighted by Crippen LogP contribution is 2.43. The highest BCUT2D eigenvalue weighted by molar-refractivity contribution is 7.98. The monoisotopic (exact) mass is 424 g/mol. The largest absolute Gasteiger partial charge is 0.337 e. The van der Waals surface area contributed by atoms with Crippen LogP contribution in [0, 0.1) is 11.2 Å². The summed E-state index contributed by atoms with van der Waals surface area (Å²) in [7, 11) is 1.91. The molecule has 0 bridgehead atoms. The molecule has 1 fully saturated rings. The van der Waals surface area contributed by atoms with E-state index in [1.807, 2.05) is 30.4 Å². The van der Waals surface area contributed by atoms with Crippen molar-refractivity contribution in [2.24, 2.45) is 12.5 Å². The van der Waals surface area contributed by atoms with Gasteiger partial charge in [0.15, 0.2) is 0 Å². The Labute approximate surface area is 180 Å². The van der Waals surface area contributed by atoms with Crippen molar-refractivity contribution >= 4 is 17.7 Å². The van der Waals surface area contributed by atoms with Gasteiger partial charge in [0, 0.05) is 44.2 Å². The molecule has 3 heterocycles. The fraction of sp³-hybridized carbons (Fsp3) is 0.348. The summed E-state index contributed by atoms with van der Waals surface area (Å²) < 4.78 is 14.9. The molecule has 1 atom stereocenters. The number of hydrogen-bond acceptors (Lipinski definition) is 4. The molecule has 1 unspecified atom stereocenters. The number of carbonyl (C=O) groups excluding carboxylic acids is 1. The van der Waals surface area contributed by atoms with Crippen LogP contribution in [-0.4, -0.2) is 38.7 Å². The van der Waals surface area contributed by atoms with Crippen LogP contribution >= 0.6 is 11.8 Å². The van der Waals surface area contributed by atoms with E-state index in [1.54, 1.807) is 29.1 Å². The Kier molecular flexibility index (Phi) is 5.64. The number of thioether (sulfide) groups is 1. The number of rotatable bonds is 5. The number of hydrogen-bond donors (Lipinski definition) is 0. The standard InChI is InChI=1S/C23H25FN4OS/c1-23(2)15-28(13-20(23)17-11-26-27(3)12-17)22(29)19-5-4-10-25-21(19)30-14-16-6-8-18(24)9-7-16/h4-12,20H,13-15H2,1-3H3. The molecule has 0 saturated carbocycles. The van der Waals surface area contributed by atoms with Crippen LogP contribution in [0.15, 0.2) is 60.0 Å². The maximum atomic E-state index is 13.4.